The predicted octanol–water partition coefficient (Wildman–Crippen LogP) is 3.63. The van der Waals surface area contributed by atoms with Gasteiger partial charge in [-0.2, -0.15) is 5.21 Å². The molecule has 1 atom stereocenters. The van der Waals surface area contributed by atoms with Crippen LogP contribution >= 0.6 is 23.2 Å². The Morgan fingerprint density at radius 2 is 2.00 bits per heavy atom. The molecule has 32 heavy (non-hydrogen) atoms. The Morgan fingerprint density at radius 1 is 1.19 bits per heavy atom. The number of tetrazole rings is 1. The van der Waals surface area contributed by atoms with Gasteiger partial charge in [0.15, 0.2) is 0 Å². The summed E-state index contributed by atoms with van der Waals surface area (Å²) >= 11 is 12.1. The van der Waals surface area contributed by atoms with Crippen molar-refractivity contribution < 1.29 is 9.00 Å². The first-order valence-electron chi connectivity index (χ1n) is 10.2. The minimum Gasteiger partial charge on any atom is -0.326 e. The Hall–Kier alpha value is -2.33. The zero-order chi connectivity index (χ0) is 22.5. The molecular formula is C21H22Cl2N6O2S. The van der Waals surface area contributed by atoms with Crippen LogP contribution in [0.1, 0.15) is 12.8 Å². The van der Waals surface area contributed by atoms with Crippen molar-refractivity contribution in [3.63, 3.8) is 0 Å². The molecule has 1 fully saturated rings. The second-order valence-electron chi connectivity index (χ2n) is 7.55. The zero-order valence-electron chi connectivity index (χ0n) is 17.1. The molecule has 1 saturated heterocycles. The van der Waals surface area contributed by atoms with E-state index in [0.717, 1.165) is 31.5 Å². The standard InChI is InChI=1S/C21H22Cl2N6O2S/c22-16-4-5-18(23)19(13-16)32(31)11-10-29-8-6-14(7-9-29)21(30)24-17-3-1-2-15(12-17)20-25-27-28-26-20/h1-5,12-14H,6-11H2,(H,24,30)(H,25,26,27,28). The molecule has 168 valence electrons. The van der Waals surface area contributed by atoms with Crippen molar-refractivity contribution in [1.82, 2.24) is 25.5 Å². The van der Waals surface area contributed by atoms with Crippen LogP contribution in [0.25, 0.3) is 11.4 Å². The Kier molecular flexibility index (Phi) is 7.51. The van der Waals surface area contributed by atoms with E-state index in [0.29, 0.717) is 38.8 Å². The van der Waals surface area contributed by atoms with Crippen LogP contribution in [0.3, 0.4) is 0 Å². The summed E-state index contributed by atoms with van der Waals surface area (Å²) in [6.45, 7) is 2.24. The van der Waals surface area contributed by atoms with Crippen LogP contribution in [-0.4, -0.2) is 61.0 Å². The van der Waals surface area contributed by atoms with E-state index >= 15 is 0 Å². The van der Waals surface area contributed by atoms with E-state index in [1.165, 1.54) is 0 Å². The molecule has 0 bridgehead atoms. The van der Waals surface area contributed by atoms with Crippen LogP contribution in [0.5, 0.6) is 0 Å². The van der Waals surface area contributed by atoms with E-state index in [4.69, 9.17) is 23.2 Å². The van der Waals surface area contributed by atoms with Gasteiger partial charge in [-0.3, -0.25) is 9.00 Å². The monoisotopic (exact) mass is 492 g/mol. The third-order valence-electron chi connectivity index (χ3n) is 5.42. The summed E-state index contributed by atoms with van der Waals surface area (Å²) < 4.78 is 12.6. The number of nitrogens with one attached hydrogen (secondary N) is 2. The third-order valence-corrected chi connectivity index (χ3v) is 7.48. The normalized spacial score (nSPS) is 16.1. The number of aromatic nitrogens is 4. The Balaban J connectivity index is 1.26. The van der Waals surface area contributed by atoms with E-state index in [1.54, 1.807) is 18.2 Å². The summed E-state index contributed by atoms with van der Waals surface area (Å²) in [6, 6.07) is 12.4. The molecular weight excluding hydrogens is 471 g/mol. The van der Waals surface area contributed by atoms with Gasteiger partial charge >= 0.3 is 0 Å². The Labute approximate surface area is 198 Å². The van der Waals surface area contributed by atoms with Gasteiger partial charge in [-0.15, -0.1) is 10.2 Å². The molecule has 1 amide bonds. The molecule has 2 heterocycles. The largest absolute Gasteiger partial charge is 0.326 e. The second-order valence-corrected chi connectivity index (χ2v) is 9.93. The van der Waals surface area contributed by atoms with Crippen molar-refractivity contribution >= 4 is 45.6 Å². The number of rotatable bonds is 7. The van der Waals surface area contributed by atoms with Crippen LogP contribution in [0.15, 0.2) is 47.4 Å². The molecule has 1 unspecified atom stereocenters. The van der Waals surface area contributed by atoms with Gasteiger partial charge < -0.3 is 10.2 Å². The summed E-state index contributed by atoms with van der Waals surface area (Å²) in [6.07, 6.45) is 1.50. The fourth-order valence-electron chi connectivity index (χ4n) is 3.66. The summed E-state index contributed by atoms with van der Waals surface area (Å²) in [5.41, 5.74) is 1.48. The lowest BCUT2D eigenvalue weighted by molar-refractivity contribution is -0.121. The number of aromatic amines is 1. The molecule has 0 aliphatic carbocycles. The average Bonchev–Trinajstić information content (AvgIpc) is 3.35. The fourth-order valence-corrected chi connectivity index (χ4v) is 5.46. The van der Waals surface area contributed by atoms with E-state index in [9.17, 15) is 9.00 Å². The second kappa shape index (κ2) is 10.5. The first-order chi connectivity index (χ1) is 15.5. The fraction of sp³-hybridized carbons (Fsp3) is 0.333. The highest BCUT2D eigenvalue weighted by Gasteiger charge is 2.25. The number of halogens is 2. The van der Waals surface area contributed by atoms with Crippen molar-refractivity contribution in [2.75, 3.05) is 30.7 Å². The number of carbonyl (C=O) groups is 1. The first kappa shape index (κ1) is 22.8. The van der Waals surface area contributed by atoms with Gasteiger partial charge in [-0.1, -0.05) is 35.3 Å². The van der Waals surface area contributed by atoms with Crippen LogP contribution < -0.4 is 5.32 Å². The lowest BCUT2D eigenvalue weighted by Gasteiger charge is -2.31. The maximum absolute atomic E-state index is 12.7. The molecule has 3 aromatic rings. The van der Waals surface area contributed by atoms with E-state index in [1.807, 2.05) is 24.3 Å². The number of nitrogens with zero attached hydrogens (tertiary/aromatic N) is 4. The topological polar surface area (TPSA) is 104 Å². The number of likely N-dealkylation sites (tertiary alicyclic amines) is 1. The van der Waals surface area contributed by atoms with Crippen molar-refractivity contribution in [3.8, 4) is 11.4 Å². The number of H-pyrrole nitrogens is 1. The number of amides is 1. The van der Waals surface area contributed by atoms with Crippen LogP contribution in [0.4, 0.5) is 5.69 Å². The highest BCUT2D eigenvalue weighted by atomic mass is 35.5. The van der Waals surface area contributed by atoms with Gasteiger partial charge in [0.25, 0.3) is 0 Å². The van der Waals surface area contributed by atoms with Gasteiger partial charge in [0.1, 0.15) is 0 Å². The lowest BCUT2D eigenvalue weighted by Crippen LogP contribution is -2.39. The van der Waals surface area contributed by atoms with E-state index in [-0.39, 0.29) is 11.8 Å². The van der Waals surface area contributed by atoms with Gasteiger partial charge in [-0.25, -0.2) is 0 Å². The van der Waals surface area contributed by atoms with Gasteiger partial charge in [0, 0.05) is 34.5 Å². The molecule has 0 radical (unpaired) electrons. The smallest absolute Gasteiger partial charge is 0.227 e. The molecule has 0 spiro atoms. The number of piperidine rings is 1. The zero-order valence-corrected chi connectivity index (χ0v) is 19.5. The quantitative estimate of drug-likeness (QED) is 0.521. The first-order valence-corrected chi connectivity index (χ1v) is 12.3. The highest BCUT2D eigenvalue weighted by Crippen LogP contribution is 2.25. The van der Waals surface area contributed by atoms with Crippen LogP contribution in [0.2, 0.25) is 10.0 Å². The minimum atomic E-state index is -1.22. The van der Waals surface area contributed by atoms with Crippen molar-refractivity contribution in [2.45, 2.75) is 17.7 Å². The van der Waals surface area contributed by atoms with E-state index < -0.39 is 10.8 Å². The molecule has 0 saturated carbocycles. The lowest BCUT2D eigenvalue weighted by atomic mass is 9.96. The number of hydrogen-bond donors (Lipinski definition) is 2. The minimum absolute atomic E-state index is 0.00389. The number of anilines is 1. The van der Waals surface area contributed by atoms with Crippen molar-refractivity contribution in [3.05, 3.63) is 52.5 Å². The van der Waals surface area contributed by atoms with Crippen molar-refractivity contribution in [2.24, 2.45) is 5.92 Å². The van der Waals surface area contributed by atoms with E-state index in [2.05, 4.69) is 30.8 Å². The van der Waals surface area contributed by atoms with Crippen LogP contribution in [-0.2, 0) is 15.6 Å². The molecule has 2 N–H and O–H groups in total. The van der Waals surface area contributed by atoms with Gasteiger partial charge in [-0.05, 0) is 61.5 Å². The summed E-state index contributed by atoms with van der Waals surface area (Å²) in [7, 11) is -1.22. The number of hydrogen-bond acceptors (Lipinski definition) is 6. The number of benzene rings is 2. The Morgan fingerprint density at radius 3 is 2.75 bits per heavy atom. The number of carbonyl (C=O) groups excluding carboxylic acids is 1. The van der Waals surface area contributed by atoms with Crippen LogP contribution in [0, 0.1) is 5.92 Å². The molecule has 11 heteroatoms. The maximum Gasteiger partial charge on any atom is 0.227 e. The SMILES string of the molecule is O=C(Nc1cccc(-c2nn[nH]n2)c1)C1CCN(CCS(=O)c2cc(Cl)ccc2Cl)CC1. The Bertz CT molecular complexity index is 1100. The summed E-state index contributed by atoms with van der Waals surface area (Å²) in [5.74, 6) is 0.891. The third kappa shape index (κ3) is 5.72. The predicted molar refractivity (Wildman–Crippen MR) is 125 cm³/mol. The molecule has 2 aromatic carbocycles. The van der Waals surface area contributed by atoms with Gasteiger partial charge in [0.2, 0.25) is 11.7 Å². The maximum atomic E-state index is 12.7. The average molecular weight is 493 g/mol. The molecule has 4 rings (SSSR count). The highest BCUT2D eigenvalue weighted by molar-refractivity contribution is 7.85. The molecule has 1 aromatic heterocycles. The molecule has 1 aliphatic rings. The van der Waals surface area contributed by atoms with Crippen molar-refractivity contribution in [1.29, 1.82) is 0 Å². The summed E-state index contributed by atoms with van der Waals surface area (Å²) in [4.78, 5) is 15.5. The molecule has 1 aliphatic heterocycles. The van der Waals surface area contributed by atoms with Gasteiger partial charge in [0.05, 0.1) is 20.7 Å². The molecule has 8 nitrogen and oxygen atoms in total. The summed E-state index contributed by atoms with van der Waals surface area (Å²) in [5, 5.41) is 17.9.